The first kappa shape index (κ1) is 17.5. The van der Waals surface area contributed by atoms with Gasteiger partial charge in [-0.15, -0.1) is 22.0 Å². The smallest absolute Gasteiger partial charge is 0.273 e. The fourth-order valence-corrected chi connectivity index (χ4v) is 3.02. The Labute approximate surface area is 156 Å². The Hall–Kier alpha value is -2.94. The SMILES string of the molecule is CSc1ccc(-n2c(-c3ccccn3)nc3cc(C(F)(F)F)ccc32)nn1. The summed E-state index contributed by atoms with van der Waals surface area (Å²) in [4.78, 5) is 8.68. The van der Waals surface area contributed by atoms with E-state index in [-0.39, 0.29) is 5.52 Å². The zero-order chi connectivity index (χ0) is 19.0. The van der Waals surface area contributed by atoms with E-state index in [0.29, 0.717) is 22.9 Å². The molecule has 4 aromatic rings. The van der Waals surface area contributed by atoms with Crippen LogP contribution in [0.3, 0.4) is 0 Å². The highest BCUT2D eigenvalue weighted by molar-refractivity contribution is 7.98. The fourth-order valence-electron chi connectivity index (χ4n) is 2.70. The predicted molar refractivity (Wildman–Crippen MR) is 96.7 cm³/mol. The molecular formula is C18H12F3N5S. The summed E-state index contributed by atoms with van der Waals surface area (Å²) in [5.74, 6) is 0.854. The highest BCUT2D eigenvalue weighted by atomic mass is 32.2. The molecule has 136 valence electrons. The number of hydrogen-bond acceptors (Lipinski definition) is 5. The summed E-state index contributed by atoms with van der Waals surface area (Å²) >= 11 is 1.45. The van der Waals surface area contributed by atoms with Crippen molar-refractivity contribution in [1.29, 1.82) is 0 Å². The van der Waals surface area contributed by atoms with Gasteiger partial charge in [0.1, 0.15) is 10.7 Å². The van der Waals surface area contributed by atoms with Gasteiger partial charge in [0.15, 0.2) is 11.6 Å². The van der Waals surface area contributed by atoms with Gasteiger partial charge in [-0.05, 0) is 48.7 Å². The Balaban J connectivity index is 1.98. The summed E-state index contributed by atoms with van der Waals surface area (Å²) in [5, 5.41) is 9.05. The van der Waals surface area contributed by atoms with Crippen molar-refractivity contribution in [3.63, 3.8) is 0 Å². The molecule has 3 aromatic heterocycles. The largest absolute Gasteiger partial charge is 0.416 e. The topological polar surface area (TPSA) is 56.5 Å². The van der Waals surface area contributed by atoms with E-state index in [1.165, 1.54) is 17.8 Å². The van der Waals surface area contributed by atoms with Crippen LogP contribution in [0.2, 0.25) is 0 Å². The molecule has 9 heteroatoms. The third-order valence-corrected chi connectivity index (χ3v) is 4.58. The molecule has 0 aliphatic heterocycles. The fraction of sp³-hybridized carbons (Fsp3) is 0.111. The van der Waals surface area contributed by atoms with Gasteiger partial charge in [-0.25, -0.2) is 4.98 Å². The standard InChI is InChI=1S/C18H12F3N5S/c1-27-16-8-7-15(24-25-16)26-14-6-5-11(18(19,20)21)10-13(14)23-17(26)12-4-2-3-9-22-12/h2-10H,1H3. The van der Waals surface area contributed by atoms with Crippen LogP contribution in [0, 0.1) is 0 Å². The van der Waals surface area contributed by atoms with Crippen molar-refractivity contribution in [3.8, 4) is 17.3 Å². The summed E-state index contributed by atoms with van der Waals surface area (Å²) in [6, 6.07) is 12.3. The van der Waals surface area contributed by atoms with Gasteiger partial charge in [-0.2, -0.15) is 13.2 Å². The minimum Gasteiger partial charge on any atom is -0.273 e. The second-order valence-electron chi connectivity index (χ2n) is 5.62. The average Bonchev–Trinajstić information content (AvgIpc) is 3.07. The molecule has 0 amide bonds. The van der Waals surface area contributed by atoms with Crippen molar-refractivity contribution in [2.24, 2.45) is 0 Å². The zero-order valence-corrected chi connectivity index (χ0v) is 14.8. The number of imidazole rings is 1. The van der Waals surface area contributed by atoms with E-state index in [2.05, 4.69) is 20.2 Å². The first-order valence-electron chi connectivity index (χ1n) is 7.86. The van der Waals surface area contributed by atoms with Gasteiger partial charge in [0.25, 0.3) is 0 Å². The van der Waals surface area contributed by atoms with Crippen molar-refractivity contribution in [2.45, 2.75) is 11.2 Å². The molecule has 0 bridgehead atoms. The average molecular weight is 387 g/mol. The lowest BCUT2D eigenvalue weighted by atomic mass is 10.2. The van der Waals surface area contributed by atoms with Gasteiger partial charge in [-0.1, -0.05) is 6.07 Å². The van der Waals surface area contributed by atoms with Crippen molar-refractivity contribution in [3.05, 3.63) is 60.3 Å². The molecule has 0 atom stereocenters. The minimum absolute atomic E-state index is 0.209. The van der Waals surface area contributed by atoms with Gasteiger partial charge in [-0.3, -0.25) is 9.55 Å². The highest BCUT2D eigenvalue weighted by Crippen LogP contribution is 2.33. The Morgan fingerprint density at radius 3 is 2.48 bits per heavy atom. The van der Waals surface area contributed by atoms with Crippen LogP contribution < -0.4 is 0 Å². The van der Waals surface area contributed by atoms with E-state index in [4.69, 9.17) is 0 Å². The number of hydrogen-bond donors (Lipinski definition) is 0. The molecule has 0 saturated carbocycles. The second-order valence-corrected chi connectivity index (χ2v) is 6.45. The molecule has 5 nitrogen and oxygen atoms in total. The first-order chi connectivity index (χ1) is 13.0. The monoisotopic (exact) mass is 387 g/mol. The van der Waals surface area contributed by atoms with Gasteiger partial charge in [0.2, 0.25) is 0 Å². The maximum absolute atomic E-state index is 13.1. The van der Waals surface area contributed by atoms with Gasteiger partial charge in [0.05, 0.1) is 16.6 Å². The number of alkyl halides is 3. The molecule has 0 aliphatic carbocycles. The third kappa shape index (κ3) is 3.25. The number of nitrogens with zero attached hydrogens (tertiary/aromatic N) is 5. The number of aromatic nitrogens is 5. The molecule has 27 heavy (non-hydrogen) atoms. The van der Waals surface area contributed by atoms with Crippen LogP contribution in [0.4, 0.5) is 13.2 Å². The van der Waals surface area contributed by atoms with Crippen molar-refractivity contribution < 1.29 is 13.2 Å². The summed E-state index contributed by atoms with van der Waals surface area (Å²) in [5.41, 5.74) is 0.477. The van der Waals surface area contributed by atoms with Crippen LogP contribution >= 0.6 is 11.8 Å². The van der Waals surface area contributed by atoms with Crippen LogP contribution in [0.1, 0.15) is 5.56 Å². The third-order valence-electron chi connectivity index (χ3n) is 3.94. The Morgan fingerprint density at radius 1 is 1.00 bits per heavy atom. The second kappa shape index (κ2) is 6.66. The van der Waals surface area contributed by atoms with Crippen molar-refractivity contribution >= 4 is 22.8 Å². The van der Waals surface area contributed by atoms with Gasteiger partial charge < -0.3 is 0 Å². The quantitative estimate of drug-likeness (QED) is 0.480. The molecule has 0 spiro atoms. The number of thioether (sulfide) groups is 1. The van der Waals surface area contributed by atoms with E-state index in [1.807, 2.05) is 6.26 Å². The summed E-state index contributed by atoms with van der Waals surface area (Å²) in [7, 11) is 0. The van der Waals surface area contributed by atoms with Crippen LogP contribution in [0.15, 0.2) is 59.8 Å². The molecule has 0 N–H and O–H groups in total. The number of benzene rings is 1. The van der Waals surface area contributed by atoms with Crippen LogP contribution in [0.5, 0.6) is 0 Å². The number of pyridine rings is 1. The summed E-state index contributed by atoms with van der Waals surface area (Å²) < 4.78 is 40.9. The van der Waals surface area contributed by atoms with Crippen molar-refractivity contribution in [2.75, 3.05) is 6.26 Å². The number of halogens is 3. The maximum atomic E-state index is 13.1. The lowest BCUT2D eigenvalue weighted by Gasteiger charge is -2.09. The van der Waals surface area contributed by atoms with Crippen LogP contribution in [-0.4, -0.2) is 31.0 Å². The molecule has 0 aliphatic rings. The predicted octanol–water partition coefficient (Wildman–Crippen LogP) is 4.62. The van der Waals surface area contributed by atoms with E-state index >= 15 is 0 Å². The number of rotatable bonds is 3. The molecule has 0 saturated heterocycles. The first-order valence-corrected chi connectivity index (χ1v) is 9.09. The molecule has 0 radical (unpaired) electrons. The van der Waals surface area contributed by atoms with E-state index in [0.717, 1.165) is 17.2 Å². The maximum Gasteiger partial charge on any atom is 0.416 e. The van der Waals surface area contributed by atoms with Crippen molar-refractivity contribution in [1.82, 2.24) is 24.7 Å². The molecular weight excluding hydrogens is 375 g/mol. The Kier molecular flexibility index (Phi) is 4.31. The summed E-state index contributed by atoms with van der Waals surface area (Å²) in [6.45, 7) is 0. The molecule has 0 unspecified atom stereocenters. The molecule has 3 heterocycles. The molecule has 0 fully saturated rings. The van der Waals surface area contributed by atoms with Gasteiger partial charge >= 0.3 is 6.18 Å². The number of fused-ring (bicyclic) bond motifs is 1. The lowest BCUT2D eigenvalue weighted by Crippen LogP contribution is -2.05. The molecule has 4 rings (SSSR count). The normalized spacial score (nSPS) is 11.9. The highest BCUT2D eigenvalue weighted by Gasteiger charge is 2.31. The zero-order valence-electron chi connectivity index (χ0n) is 14.0. The van der Waals surface area contributed by atoms with Crippen LogP contribution in [-0.2, 0) is 6.18 Å². The Morgan fingerprint density at radius 2 is 1.85 bits per heavy atom. The van der Waals surface area contributed by atoms with E-state index in [1.54, 1.807) is 41.1 Å². The molecule has 1 aromatic carbocycles. The van der Waals surface area contributed by atoms with Gasteiger partial charge in [0, 0.05) is 6.20 Å². The lowest BCUT2D eigenvalue weighted by molar-refractivity contribution is -0.137. The minimum atomic E-state index is -4.44. The van der Waals surface area contributed by atoms with E-state index in [9.17, 15) is 13.2 Å². The summed E-state index contributed by atoms with van der Waals surface area (Å²) in [6.07, 6.45) is -0.958. The van der Waals surface area contributed by atoms with Crippen LogP contribution in [0.25, 0.3) is 28.4 Å². The Bertz CT molecular complexity index is 1090. The van der Waals surface area contributed by atoms with E-state index < -0.39 is 11.7 Å².